The summed E-state index contributed by atoms with van der Waals surface area (Å²) in [7, 11) is 0. The number of fused-ring (bicyclic) bond motifs is 3. The van der Waals surface area contributed by atoms with E-state index in [0.29, 0.717) is 35.1 Å². The van der Waals surface area contributed by atoms with Gasteiger partial charge in [-0.15, -0.1) is 0 Å². The molecular formula is C30H27NO6. The Kier molecular flexibility index (Phi) is 7.03. The monoisotopic (exact) mass is 497 g/mol. The topological polar surface area (TPSA) is 94.8 Å². The van der Waals surface area contributed by atoms with Gasteiger partial charge in [-0.25, -0.2) is 14.4 Å². The fourth-order valence-electron chi connectivity index (χ4n) is 4.72. The molecule has 0 bridgehead atoms. The van der Waals surface area contributed by atoms with Crippen LogP contribution in [-0.4, -0.2) is 18.1 Å². The summed E-state index contributed by atoms with van der Waals surface area (Å²) in [5.41, 5.74) is 4.03. The Morgan fingerprint density at radius 1 is 0.946 bits per heavy atom. The Labute approximate surface area is 214 Å². The molecule has 1 atom stereocenters. The number of rotatable bonds is 7. The maximum Gasteiger partial charge on any atom is 0.408 e. The molecular weight excluding hydrogens is 470 g/mol. The van der Waals surface area contributed by atoms with E-state index >= 15 is 0 Å². The lowest BCUT2D eigenvalue weighted by molar-refractivity contribution is -0.136. The van der Waals surface area contributed by atoms with E-state index in [2.05, 4.69) is 5.32 Å². The highest BCUT2D eigenvalue weighted by Gasteiger charge is 2.27. The maximum atomic E-state index is 13.5. The van der Waals surface area contributed by atoms with E-state index in [1.54, 1.807) is 12.1 Å². The summed E-state index contributed by atoms with van der Waals surface area (Å²) in [6.07, 6.45) is 1.69. The van der Waals surface area contributed by atoms with Gasteiger partial charge in [0.05, 0.1) is 5.39 Å². The van der Waals surface area contributed by atoms with Gasteiger partial charge >= 0.3 is 17.7 Å². The first-order valence-corrected chi connectivity index (χ1v) is 12.3. The second-order valence-corrected chi connectivity index (χ2v) is 9.21. The second-order valence-electron chi connectivity index (χ2n) is 9.21. The van der Waals surface area contributed by atoms with Gasteiger partial charge in [0.2, 0.25) is 0 Å². The Bertz CT molecular complexity index is 1490. The van der Waals surface area contributed by atoms with Gasteiger partial charge in [0, 0.05) is 12.0 Å². The van der Waals surface area contributed by atoms with E-state index in [0.717, 1.165) is 28.7 Å². The normalized spacial score (nSPS) is 13.1. The van der Waals surface area contributed by atoms with Crippen molar-refractivity contribution in [3.63, 3.8) is 0 Å². The van der Waals surface area contributed by atoms with Crippen molar-refractivity contribution in [2.45, 2.75) is 45.3 Å². The van der Waals surface area contributed by atoms with Gasteiger partial charge in [0.1, 0.15) is 24.0 Å². The van der Waals surface area contributed by atoms with E-state index < -0.39 is 18.1 Å². The van der Waals surface area contributed by atoms with Crippen molar-refractivity contribution in [2.24, 2.45) is 0 Å². The molecule has 188 valence electrons. The van der Waals surface area contributed by atoms with Crippen LogP contribution in [0.4, 0.5) is 4.79 Å². The first-order valence-electron chi connectivity index (χ1n) is 12.3. The summed E-state index contributed by atoms with van der Waals surface area (Å²) in [6.45, 7) is 1.91. The van der Waals surface area contributed by atoms with Gasteiger partial charge < -0.3 is 19.2 Å². The number of hydrogen-bond donors (Lipinski definition) is 1. The molecule has 1 unspecified atom stereocenters. The maximum absolute atomic E-state index is 13.5. The average molecular weight is 498 g/mol. The van der Waals surface area contributed by atoms with Crippen LogP contribution in [0, 0.1) is 6.92 Å². The SMILES string of the molecule is Cc1cc(OC(=O)C(Cc2ccccc2)NC(=O)OCc2ccccc2)c2c3c(c(=O)oc2c1)CCC3. The van der Waals surface area contributed by atoms with E-state index in [9.17, 15) is 14.4 Å². The molecule has 1 aliphatic carbocycles. The fourth-order valence-corrected chi connectivity index (χ4v) is 4.72. The van der Waals surface area contributed by atoms with Crippen LogP contribution in [-0.2, 0) is 35.4 Å². The quantitative estimate of drug-likeness (QED) is 0.219. The number of alkyl carbamates (subject to hydrolysis) is 1. The molecule has 7 nitrogen and oxygen atoms in total. The van der Waals surface area contributed by atoms with Crippen LogP contribution in [0.15, 0.2) is 82.0 Å². The zero-order valence-corrected chi connectivity index (χ0v) is 20.5. The van der Waals surface area contributed by atoms with Crippen molar-refractivity contribution in [3.05, 3.63) is 111 Å². The number of amides is 1. The Morgan fingerprint density at radius 2 is 1.62 bits per heavy atom. The number of carbonyl (C=O) groups excluding carboxylic acids is 2. The van der Waals surface area contributed by atoms with Crippen molar-refractivity contribution in [1.82, 2.24) is 5.32 Å². The molecule has 37 heavy (non-hydrogen) atoms. The standard InChI is InChI=1S/C30H27NO6/c1-19-15-25-27(22-13-8-14-23(22)28(32)36-25)26(16-19)37-29(33)24(17-20-9-4-2-5-10-20)31-30(34)35-18-21-11-6-3-7-12-21/h2-7,9-12,15-16,24H,8,13-14,17-18H2,1H3,(H,31,34). The molecule has 3 aromatic carbocycles. The van der Waals surface area contributed by atoms with Crippen molar-refractivity contribution >= 4 is 23.0 Å². The Hall–Kier alpha value is -4.39. The number of esters is 1. The van der Waals surface area contributed by atoms with Crippen molar-refractivity contribution in [2.75, 3.05) is 0 Å². The molecule has 1 aromatic heterocycles. The third-order valence-corrected chi connectivity index (χ3v) is 6.46. The number of hydrogen-bond acceptors (Lipinski definition) is 6. The van der Waals surface area contributed by atoms with Gasteiger partial charge in [-0.2, -0.15) is 0 Å². The number of carbonyl (C=O) groups is 2. The van der Waals surface area contributed by atoms with Crippen LogP contribution in [0.1, 0.15) is 34.2 Å². The third kappa shape index (κ3) is 5.56. The molecule has 0 fully saturated rings. The molecule has 1 aliphatic rings. The van der Waals surface area contributed by atoms with E-state index in [4.69, 9.17) is 13.9 Å². The molecule has 0 radical (unpaired) electrons. The second kappa shape index (κ2) is 10.7. The fraction of sp³-hybridized carbons (Fsp3) is 0.233. The molecule has 1 heterocycles. The summed E-state index contributed by atoms with van der Waals surface area (Å²) < 4.78 is 16.8. The highest BCUT2D eigenvalue weighted by molar-refractivity contribution is 5.92. The predicted molar refractivity (Wildman–Crippen MR) is 139 cm³/mol. The molecule has 4 aromatic rings. The molecule has 7 heteroatoms. The van der Waals surface area contributed by atoms with Crippen molar-refractivity contribution in [1.29, 1.82) is 0 Å². The first kappa shape index (κ1) is 24.3. The summed E-state index contributed by atoms with van der Waals surface area (Å²) in [6, 6.07) is 21.2. The molecule has 5 rings (SSSR count). The highest BCUT2D eigenvalue weighted by Crippen LogP contribution is 2.35. The molecule has 0 spiro atoms. The van der Waals surface area contributed by atoms with Crippen molar-refractivity contribution in [3.8, 4) is 5.75 Å². The average Bonchev–Trinajstić information content (AvgIpc) is 3.39. The predicted octanol–water partition coefficient (Wildman–Crippen LogP) is 5.03. The van der Waals surface area contributed by atoms with Crippen LogP contribution in [0.25, 0.3) is 11.0 Å². The minimum Gasteiger partial charge on any atom is -0.445 e. The van der Waals surface area contributed by atoms with Gasteiger partial charge in [-0.1, -0.05) is 60.7 Å². The van der Waals surface area contributed by atoms with Crippen LogP contribution in [0.5, 0.6) is 5.75 Å². The third-order valence-electron chi connectivity index (χ3n) is 6.46. The van der Waals surface area contributed by atoms with Gasteiger partial charge in [-0.3, -0.25) is 0 Å². The largest absolute Gasteiger partial charge is 0.445 e. The van der Waals surface area contributed by atoms with Crippen LogP contribution in [0.3, 0.4) is 0 Å². The van der Waals surface area contributed by atoms with E-state index in [1.165, 1.54) is 0 Å². The summed E-state index contributed by atoms with van der Waals surface area (Å²) in [5.74, 6) is -0.315. The van der Waals surface area contributed by atoms with Crippen molar-refractivity contribution < 1.29 is 23.5 Å². The molecule has 1 N–H and O–H groups in total. The highest BCUT2D eigenvalue weighted by atomic mass is 16.6. The molecule has 0 saturated heterocycles. The minimum absolute atomic E-state index is 0.0769. The molecule has 0 saturated carbocycles. The van der Waals surface area contributed by atoms with Gasteiger partial charge in [0.25, 0.3) is 0 Å². The summed E-state index contributed by atoms with van der Waals surface area (Å²) >= 11 is 0. The van der Waals surface area contributed by atoms with Crippen LogP contribution >= 0.6 is 0 Å². The van der Waals surface area contributed by atoms with E-state index in [-0.39, 0.29) is 18.7 Å². The lowest BCUT2D eigenvalue weighted by Gasteiger charge is -2.19. The number of nitrogens with one attached hydrogen (secondary N) is 1. The minimum atomic E-state index is -0.995. The zero-order chi connectivity index (χ0) is 25.8. The van der Waals surface area contributed by atoms with E-state index in [1.807, 2.05) is 67.6 Å². The number of benzene rings is 3. The first-order chi connectivity index (χ1) is 18.0. The van der Waals surface area contributed by atoms with Gasteiger partial charge in [-0.05, 0) is 60.6 Å². The zero-order valence-electron chi connectivity index (χ0n) is 20.5. The van der Waals surface area contributed by atoms with Crippen LogP contribution in [0.2, 0.25) is 0 Å². The lowest BCUT2D eigenvalue weighted by atomic mass is 10.0. The smallest absolute Gasteiger partial charge is 0.408 e. The van der Waals surface area contributed by atoms with Crippen LogP contribution < -0.4 is 15.7 Å². The molecule has 1 amide bonds. The molecule has 0 aliphatic heterocycles. The van der Waals surface area contributed by atoms with Gasteiger partial charge in [0.15, 0.2) is 0 Å². The Morgan fingerprint density at radius 3 is 2.35 bits per heavy atom. The number of ether oxygens (including phenoxy) is 2. The summed E-state index contributed by atoms with van der Waals surface area (Å²) in [4.78, 5) is 38.5. The summed E-state index contributed by atoms with van der Waals surface area (Å²) in [5, 5.41) is 3.31. The lowest BCUT2D eigenvalue weighted by Crippen LogP contribution is -2.44. The Balaban J connectivity index is 1.41. The number of aryl methyl sites for hydroxylation is 2.